The van der Waals surface area contributed by atoms with Crippen molar-refractivity contribution < 1.29 is 9.53 Å². The molecule has 0 aliphatic heterocycles. The molecule has 14 heavy (non-hydrogen) atoms. The number of anilines is 2. The Morgan fingerprint density at radius 3 is 2.86 bits per heavy atom. The van der Waals surface area contributed by atoms with E-state index in [1.165, 1.54) is 0 Å². The number of benzene rings is 1. The maximum atomic E-state index is 11.1. The van der Waals surface area contributed by atoms with Crippen LogP contribution in [0.3, 0.4) is 0 Å². The van der Waals surface area contributed by atoms with E-state index in [1.54, 1.807) is 32.2 Å². The largest absolute Gasteiger partial charge is 0.497 e. The van der Waals surface area contributed by atoms with E-state index in [4.69, 9.17) is 10.5 Å². The van der Waals surface area contributed by atoms with E-state index < -0.39 is 0 Å². The van der Waals surface area contributed by atoms with Gasteiger partial charge in [-0.2, -0.15) is 0 Å². The van der Waals surface area contributed by atoms with Gasteiger partial charge in [0.2, 0.25) is 5.91 Å². The van der Waals surface area contributed by atoms with E-state index in [0.29, 0.717) is 23.5 Å². The van der Waals surface area contributed by atoms with Crippen LogP contribution >= 0.6 is 0 Å². The van der Waals surface area contributed by atoms with Crippen molar-refractivity contribution in [3.05, 3.63) is 18.2 Å². The number of amides is 1. The molecule has 76 valence electrons. The fourth-order valence-corrected chi connectivity index (χ4v) is 1.01. The third-order valence-corrected chi connectivity index (χ3v) is 1.86. The van der Waals surface area contributed by atoms with Crippen LogP contribution in [0.25, 0.3) is 0 Å². The van der Waals surface area contributed by atoms with Crippen molar-refractivity contribution in [2.75, 3.05) is 18.2 Å². The molecule has 0 bridgehead atoms. The summed E-state index contributed by atoms with van der Waals surface area (Å²) in [5.41, 5.74) is 6.81. The first-order valence-electron chi connectivity index (χ1n) is 4.40. The Bertz CT molecular complexity index is 337. The van der Waals surface area contributed by atoms with Gasteiger partial charge < -0.3 is 15.8 Å². The molecule has 1 aromatic carbocycles. The molecule has 0 unspecified atom stereocenters. The van der Waals surface area contributed by atoms with Crippen LogP contribution in [0.5, 0.6) is 5.75 Å². The van der Waals surface area contributed by atoms with Crippen LogP contribution in [-0.4, -0.2) is 13.0 Å². The number of rotatable bonds is 3. The molecular formula is C10H14N2O2. The lowest BCUT2D eigenvalue weighted by molar-refractivity contribution is -0.115. The molecular weight excluding hydrogens is 180 g/mol. The molecule has 0 saturated carbocycles. The minimum atomic E-state index is -0.0649. The molecule has 0 spiro atoms. The summed E-state index contributed by atoms with van der Waals surface area (Å²) in [5.74, 6) is 0.607. The number of hydrogen-bond acceptors (Lipinski definition) is 3. The highest BCUT2D eigenvalue weighted by Crippen LogP contribution is 2.24. The van der Waals surface area contributed by atoms with Gasteiger partial charge in [0.15, 0.2) is 0 Å². The lowest BCUT2D eigenvalue weighted by atomic mass is 10.2. The first-order chi connectivity index (χ1) is 6.67. The molecule has 1 aromatic rings. The maximum Gasteiger partial charge on any atom is 0.224 e. The molecule has 3 N–H and O–H groups in total. The van der Waals surface area contributed by atoms with Gasteiger partial charge in [-0.15, -0.1) is 0 Å². The van der Waals surface area contributed by atoms with E-state index in [-0.39, 0.29) is 5.91 Å². The summed E-state index contributed by atoms with van der Waals surface area (Å²) in [4.78, 5) is 11.1. The van der Waals surface area contributed by atoms with Crippen LogP contribution < -0.4 is 15.8 Å². The van der Waals surface area contributed by atoms with Gasteiger partial charge in [-0.3, -0.25) is 4.79 Å². The minimum absolute atomic E-state index is 0.0649. The molecule has 0 heterocycles. The first kappa shape index (κ1) is 10.4. The molecule has 0 saturated heterocycles. The Morgan fingerprint density at radius 2 is 2.29 bits per heavy atom. The molecule has 0 radical (unpaired) electrons. The summed E-state index contributed by atoms with van der Waals surface area (Å²) < 4.78 is 5.02. The van der Waals surface area contributed by atoms with Crippen molar-refractivity contribution in [3.63, 3.8) is 0 Å². The predicted molar refractivity (Wildman–Crippen MR) is 56.3 cm³/mol. The summed E-state index contributed by atoms with van der Waals surface area (Å²) in [6.45, 7) is 1.78. The van der Waals surface area contributed by atoms with Gasteiger partial charge in [-0.25, -0.2) is 0 Å². The molecule has 4 heteroatoms. The standard InChI is InChI=1S/C10H14N2O2/c1-3-10(13)12-9-6-7(14-2)4-5-8(9)11/h4-6H,3,11H2,1-2H3,(H,12,13). The highest BCUT2D eigenvalue weighted by Gasteiger charge is 2.04. The van der Waals surface area contributed by atoms with Crippen LogP contribution in [0.15, 0.2) is 18.2 Å². The second-order valence-corrected chi connectivity index (χ2v) is 2.85. The van der Waals surface area contributed by atoms with Crippen molar-refractivity contribution >= 4 is 17.3 Å². The van der Waals surface area contributed by atoms with Gasteiger partial charge in [0.05, 0.1) is 18.5 Å². The second-order valence-electron chi connectivity index (χ2n) is 2.85. The monoisotopic (exact) mass is 194 g/mol. The number of carbonyl (C=O) groups excluding carboxylic acids is 1. The lowest BCUT2D eigenvalue weighted by Crippen LogP contribution is -2.11. The Hall–Kier alpha value is -1.71. The Morgan fingerprint density at radius 1 is 1.57 bits per heavy atom. The Balaban J connectivity index is 2.89. The molecule has 0 fully saturated rings. The highest BCUT2D eigenvalue weighted by atomic mass is 16.5. The Labute approximate surface area is 83.1 Å². The van der Waals surface area contributed by atoms with Crippen molar-refractivity contribution in [3.8, 4) is 5.75 Å². The molecule has 4 nitrogen and oxygen atoms in total. The van der Waals surface area contributed by atoms with Crippen LogP contribution in [-0.2, 0) is 4.79 Å². The van der Waals surface area contributed by atoms with Gasteiger partial charge in [0, 0.05) is 12.5 Å². The smallest absolute Gasteiger partial charge is 0.224 e. The first-order valence-corrected chi connectivity index (χ1v) is 4.40. The number of ether oxygens (including phenoxy) is 1. The molecule has 1 amide bonds. The van der Waals surface area contributed by atoms with E-state index in [2.05, 4.69) is 5.32 Å². The fraction of sp³-hybridized carbons (Fsp3) is 0.300. The van der Waals surface area contributed by atoms with Crippen molar-refractivity contribution in [2.24, 2.45) is 0 Å². The summed E-state index contributed by atoms with van der Waals surface area (Å²) in [6, 6.07) is 5.14. The molecule has 0 aromatic heterocycles. The van der Waals surface area contributed by atoms with E-state index in [1.807, 2.05) is 0 Å². The molecule has 1 rings (SSSR count). The second kappa shape index (κ2) is 4.50. The average molecular weight is 194 g/mol. The zero-order chi connectivity index (χ0) is 10.6. The van der Waals surface area contributed by atoms with Crippen molar-refractivity contribution in [1.29, 1.82) is 0 Å². The SMILES string of the molecule is CCC(=O)Nc1cc(OC)ccc1N. The van der Waals surface area contributed by atoms with Crippen molar-refractivity contribution in [1.82, 2.24) is 0 Å². The molecule has 0 aliphatic rings. The molecule has 0 atom stereocenters. The topological polar surface area (TPSA) is 64.3 Å². The number of methoxy groups -OCH3 is 1. The number of nitrogens with one attached hydrogen (secondary N) is 1. The van der Waals surface area contributed by atoms with Crippen LogP contribution in [0.4, 0.5) is 11.4 Å². The van der Waals surface area contributed by atoms with Gasteiger partial charge >= 0.3 is 0 Å². The third kappa shape index (κ3) is 2.39. The quantitative estimate of drug-likeness (QED) is 0.719. The summed E-state index contributed by atoms with van der Waals surface area (Å²) >= 11 is 0. The van der Waals surface area contributed by atoms with E-state index in [9.17, 15) is 4.79 Å². The third-order valence-electron chi connectivity index (χ3n) is 1.86. The average Bonchev–Trinajstić information content (AvgIpc) is 2.21. The van der Waals surface area contributed by atoms with E-state index in [0.717, 1.165) is 0 Å². The number of nitrogen functional groups attached to an aromatic ring is 1. The fourth-order valence-electron chi connectivity index (χ4n) is 1.01. The summed E-state index contributed by atoms with van der Waals surface area (Å²) in [7, 11) is 1.57. The van der Waals surface area contributed by atoms with Crippen LogP contribution in [0, 0.1) is 0 Å². The van der Waals surface area contributed by atoms with Crippen LogP contribution in [0.1, 0.15) is 13.3 Å². The van der Waals surface area contributed by atoms with Gasteiger partial charge in [-0.1, -0.05) is 6.92 Å². The number of nitrogens with two attached hydrogens (primary N) is 1. The Kier molecular flexibility index (Phi) is 3.34. The van der Waals surface area contributed by atoms with Crippen molar-refractivity contribution in [2.45, 2.75) is 13.3 Å². The minimum Gasteiger partial charge on any atom is -0.497 e. The van der Waals surface area contributed by atoms with Crippen LogP contribution in [0.2, 0.25) is 0 Å². The number of hydrogen-bond donors (Lipinski definition) is 2. The number of carbonyl (C=O) groups is 1. The molecule has 0 aliphatic carbocycles. The van der Waals surface area contributed by atoms with E-state index >= 15 is 0 Å². The normalized spacial score (nSPS) is 9.57. The highest BCUT2D eigenvalue weighted by molar-refractivity contribution is 5.93. The van der Waals surface area contributed by atoms with Gasteiger partial charge in [0.1, 0.15) is 5.75 Å². The lowest BCUT2D eigenvalue weighted by Gasteiger charge is -2.08. The zero-order valence-electron chi connectivity index (χ0n) is 8.33. The van der Waals surface area contributed by atoms with Gasteiger partial charge in [0.25, 0.3) is 0 Å². The summed E-state index contributed by atoms with van der Waals surface area (Å²) in [5, 5.41) is 2.69. The maximum absolute atomic E-state index is 11.1. The predicted octanol–water partition coefficient (Wildman–Crippen LogP) is 1.63. The van der Waals surface area contributed by atoms with Gasteiger partial charge in [-0.05, 0) is 12.1 Å². The zero-order valence-corrected chi connectivity index (χ0v) is 8.33. The summed E-state index contributed by atoms with van der Waals surface area (Å²) in [6.07, 6.45) is 0.427.